The van der Waals surface area contributed by atoms with Crippen molar-refractivity contribution in [1.82, 2.24) is 0 Å². The topological polar surface area (TPSA) is 80.4 Å². The predicted molar refractivity (Wildman–Crippen MR) is 56.6 cm³/mol. The van der Waals surface area contributed by atoms with Crippen molar-refractivity contribution in [1.29, 1.82) is 0 Å². The highest BCUT2D eigenvalue weighted by atomic mass is 16.4. The van der Waals surface area contributed by atoms with Gasteiger partial charge in [-0.25, -0.2) is 0 Å². The van der Waals surface area contributed by atoms with Crippen LogP contribution in [0.2, 0.25) is 0 Å². The third-order valence-corrected chi connectivity index (χ3v) is 2.12. The van der Waals surface area contributed by atoms with Crippen LogP contribution in [-0.2, 0) is 4.79 Å². The lowest BCUT2D eigenvalue weighted by molar-refractivity contribution is -0.137. The SMILES string of the molecule is C[C@@H](CC(=O)O)C(=O)c1ccc(N)cc1. The first-order valence-electron chi connectivity index (χ1n) is 4.62. The molecule has 0 spiro atoms. The molecule has 0 aliphatic heterocycles. The molecule has 0 amide bonds. The highest BCUT2D eigenvalue weighted by Crippen LogP contribution is 2.13. The minimum absolute atomic E-state index is 0.150. The standard InChI is InChI=1S/C11H13NO3/c1-7(6-10(13)14)11(15)8-2-4-9(12)5-3-8/h2-5,7H,6,12H2,1H3,(H,13,14)/t7-/m0/s1. The van der Waals surface area contributed by atoms with Gasteiger partial charge in [0.1, 0.15) is 0 Å². The lowest BCUT2D eigenvalue weighted by atomic mass is 9.96. The van der Waals surface area contributed by atoms with E-state index in [9.17, 15) is 9.59 Å². The molecule has 0 bridgehead atoms. The molecule has 0 aromatic heterocycles. The number of carbonyl (C=O) groups is 2. The van der Waals surface area contributed by atoms with Crippen LogP contribution in [0.3, 0.4) is 0 Å². The molecule has 0 radical (unpaired) electrons. The normalized spacial score (nSPS) is 12.1. The average molecular weight is 207 g/mol. The van der Waals surface area contributed by atoms with E-state index in [4.69, 9.17) is 10.8 Å². The molecule has 80 valence electrons. The number of carboxylic acid groups (broad SMARTS) is 1. The van der Waals surface area contributed by atoms with Crippen molar-refractivity contribution in [2.24, 2.45) is 5.92 Å². The van der Waals surface area contributed by atoms with Gasteiger partial charge in [-0.2, -0.15) is 0 Å². The Morgan fingerprint density at radius 2 is 1.87 bits per heavy atom. The van der Waals surface area contributed by atoms with Gasteiger partial charge in [0.2, 0.25) is 0 Å². The van der Waals surface area contributed by atoms with Crippen LogP contribution in [0.15, 0.2) is 24.3 Å². The Morgan fingerprint density at radius 1 is 1.33 bits per heavy atom. The van der Waals surface area contributed by atoms with Gasteiger partial charge in [-0.15, -0.1) is 0 Å². The summed E-state index contributed by atoms with van der Waals surface area (Å²) >= 11 is 0. The Morgan fingerprint density at radius 3 is 2.33 bits per heavy atom. The number of hydrogen-bond acceptors (Lipinski definition) is 3. The Labute approximate surface area is 87.7 Å². The second kappa shape index (κ2) is 4.59. The van der Waals surface area contributed by atoms with Crippen LogP contribution < -0.4 is 5.73 Å². The third kappa shape index (κ3) is 3.09. The van der Waals surface area contributed by atoms with Crippen LogP contribution in [0.25, 0.3) is 0 Å². The summed E-state index contributed by atoms with van der Waals surface area (Å²) in [4.78, 5) is 22.1. The number of nitrogens with two attached hydrogens (primary N) is 1. The Hall–Kier alpha value is -1.84. The highest BCUT2D eigenvalue weighted by Gasteiger charge is 2.17. The van der Waals surface area contributed by atoms with E-state index >= 15 is 0 Å². The lowest BCUT2D eigenvalue weighted by Crippen LogP contribution is -2.15. The molecular formula is C11H13NO3. The smallest absolute Gasteiger partial charge is 0.304 e. The number of benzene rings is 1. The minimum atomic E-state index is -0.966. The summed E-state index contributed by atoms with van der Waals surface area (Å²) in [6.45, 7) is 1.60. The molecule has 15 heavy (non-hydrogen) atoms. The number of aliphatic carboxylic acids is 1. The lowest BCUT2D eigenvalue weighted by Gasteiger charge is -2.07. The zero-order valence-corrected chi connectivity index (χ0v) is 8.43. The molecule has 0 aliphatic carbocycles. The maximum atomic E-state index is 11.7. The van der Waals surface area contributed by atoms with E-state index in [2.05, 4.69) is 0 Å². The van der Waals surface area contributed by atoms with Crippen LogP contribution in [-0.4, -0.2) is 16.9 Å². The van der Waals surface area contributed by atoms with Crippen molar-refractivity contribution in [3.8, 4) is 0 Å². The van der Waals surface area contributed by atoms with Gasteiger partial charge in [-0.05, 0) is 24.3 Å². The molecule has 1 aromatic rings. The first-order valence-corrected chi connectivity index (χ1v) is 4.62. The van der Waals surface area contributed by atoms with Gasteiger partial charge in [0.05, 0.1) is 6.42 Å². The molecule has 1 aromatic carbocycles. The van der Waals surface area contributed by atoms with Gasteiger partial charge in [-0.3, -0.25) is 9.59 Å². The molecule has 1 atom stereocenters. The number of anilines is 1. The quantitative estimate of drug-likeness (QED) is 0.580. The average Bonchev–Trinajstić information content (AvgIpc) is 2.17. The van der Waals surface area contributed by atoms with E-state index in [1.807, 2.05) is 0 Å². The molecule has 0 heterocycles. The first kappa shape index (κ1) is 11.2. The van der Waals surface area contributed by atoms with Crippen molar-refractivity contribution in [2.75, 3.05) is 5.73 Å². The Kier molecular flexibility index (Phi) is 3.44. The van der Waals surface area contributed by atoms with Crippen molar-refractivity contribution >= 4 is 17.4 Å². The van der Waals surface area contributed by atoms with Gasteiger partial charge in [-0.1, -0.05) is 6.92 Å². The molecular weight excluding hydrogens is 194 g/mol. The van der Waals surface area contributed by atoms with E-state index in [0.29, 0.717) is 11.3 Å². The van der Waals surface area contributed by atoms with Crippen LogP contribution in [0.5, 0.6) is 0 Å². The third-order valence-electron chi connectivity index (χ3n) is 2.12. The summed E-state index contributed by atoms with van der Waals surface area (Å²) in [5.41, 5.74) is 6.56. The second-order valence-corrected chi connectivity index (χ2v) is 3.49. The largest absolute Gasteiger partial charge is 0.481 e. The first-order chi connectivity index (χ1) is 7.00. The van der Waals surface area contributed by atoms with Crippen LogP contribution in [0, 0.1) is 5.92 Å². The molecule has 0 aliphatic rings. The number of Topliss-reactive ketones (excluding diaryl/α,β-unsaturated/α-hetero) is 1. The van der Waals surface area contributed by atoms with Crippen LogP contribution in [0.4, 0.5) is 5.69 Å². The van der Waals surface area contributed by atoms with Crippen LogP contribution >= 0.6 is 0 Å². The van der Waals surface area contributed by atoms with Gasteiger partial charge in [0.15, 0.2) is 5.78 Å². The molecule has 1 rings (SSSR count). The molecule has 0 unspecified atom stereocenters. The van der Waals surface area contributed by atoms with Crippen molar-refractivity contribution in [2.45, 2.75) is 13.3 Å². The number of carboxylic acids is 1. The van der Waals surface area contributed by atoms with Crippen LogP contribution in [0.1, 0.15) is 23.7 Å². The number of rotatable bonds is 4. The zero-order valence-electron chi connectivity index (χ0n) is 8.43. The summed E-state index contributed by atoms with van der Waals surface area (Å²) < 4.78 is 0. The fourth-order valence-corrected chi connectivity index (χ4v) is 1.29. The number of ketones is 1. The maximum absolute atomic E-state index is 11.7. The van der Waals surface area contributed by atoms with Crippen molar-refractivity contribution < 1.29 is 14.7 Å². The Balaban J connectivity index is 2.76. The Bertz CT molecular complexity index is 370. The molecule has 4 heteroatoms. The summed E-state index contributed by atoms with van der Waals surface area (Å²) in [6, 6.07) is 6.47. The maximum Gasteiger partial charge on any atom is 0.304 e. The predicted octanol–water partition coefficient (Wildman–Crippen LogP) is 1.56. The molecule has 0 saturated heterocycles. The zero-order chi connectivity index (χ0) is 11.4. The molecule has 3 N–H and O–H groups in total. The van der Waals surface area contributed by atoms with E-state index in [1.165, 1.54) is 0 Å². The fraction of sp³-hybridized carbons (Fsp3) is 0.273. The molecule has 4 nitrogen and oxygen atoms in total. The molecule has 0 saturated carbocycles. The summed E-state index contributed by atoms with van der Waals surface area (Å²) in [6.07, 6.45) is -0.150. The van der Waals surface area contributed by atoms with E-state index in [-0.39, 0.29) is 12.2 Å². The van der Waals surface area contributed by atoms with Gasteiger partial charge in [0.25, 0.3) is 0 Å². The second-order valence-electron chi connectivity index (χ2n) is 3.49. The minimum Gasteiger partial charge on any atom is -0.481 e. The summed E-state index contributed by atoms with van der Waals surface area (Å²) in [7, 11) is 0. The summed E-state index contributed by atoms with van der Waals surface area (Å²) in [5.74, 6) is -1.64. The van der Waals surface area contributed by atoms with Gasteiger partial charge >= 0.3 is 5.97 Å². The van der Waals surface area contributed by atoms with Crippen molar-refractivity contribution in [3.05, 3.63) is 29.8 Å². The van der Waals surface area contributed by atoms with Gasteiger partial charge < -0.3 is 10.8 Å². The highest BCUT2D eigenvalue weighted by molar-refractivity contribution is 5.99. The monoisotopic (exact) mass is 207 g/mol. The molecule has 0 fully saturated rings. The van der Waals surface area contributed by atoms with Gasteiger partial charge in [0, 0.05) is 17.2 Å². The summed E-state index contributed by atoms with van der Waals surface area (Å²) in [5, 5.41) is 8.55. The fourth-order valence-electron chi connectivity index (χ4n) is 1.29. The van der Waals surface area contributed by atoms with E-state index < -0.39 is 11.9 Å². The van der Waals surface area contributed by atoms with E-state index in [1.54, 1.807) is 31.2 Å². The number of carbonyl (C=O) groups excluding carboxylic acids is 1. The van der Waals surface area contributed by atoms with Crippen molar-refractivity contribution in [3.63, 3.8) is 0 Å². The number of hydrogen-bond donors (Lipinski definition) is 2. The number of nitrogen functional groups attached to an aromatic ring is 1. The van der Waals surface area contributed by atoms with E-state index in [0.717, 1.165) is 0 Å².